The average Bonchev–Trinajstić information content (AvgIpc) is 2.34. The number of hydrogen-bond donors (Lipinski definition) is 0. The van der Waals surface area contributed by atoms with Crippen LogP contribution < -0.4 is 0 Å². The molecule has 0 aromatic rings. The summed E-state index contributed by atoms with van der Waals surface area (Å²) >= 11 is 0. The highest BCUT2D eigenvalue weighted by Gasteiger charge is 2.06. The first kappa shape index (κ1) is 18.8. The van der Waals surface area contributed by atoms with Crippen molar-refractivity contribution in [3.05, 3.63) is 0 Å². The minimum Gasteiger partial charge on any atom is -0.132 e. The van der Waals surface area contributed by atoms with Gasteiger partial charge < -0.3 is 0 Å². The van der Waals surface area contributed by atoms with Crippen LogP contribution in [0.5, 0.6) is 0 Å². The molecule has 0 fully saturated rings. The van der Waals surface area contributed by atoms with Gasteiger partial charge >= 0.3 is 0 Å². The normalized spacial score (nSPS) is 11.2. The molecule has 1 heteroatoms. The lowest BCUT2D eigenvalue weighted by Crippen LogP contribution is -2.16. The quantitative estimate of drug-likeness (QED) is 0.228. The van der Waals surface area contributed by atoms with Crippen LogP contribution in [0, 0.1) is 11.5 Å². The molecule has 0 radical (unpaired) electrons. The SMILES string of the molecule is CCCCCCCCCCCCCC#C[Si](C)(C)C. The zero-order valence-corrected chi connectivity index (χ0v) is 15.0. The highest BCUT2D eigenvalue weighted by atomic mass is 28.3. The van der Waals surface area contributed by atoms with E-state index in [4.69, 9.17) is 0 Å². The molecule has 0 atom stereocenters. The summed E-state index contributed by atoms with van der Waals surface area (Å²) in [5, 5.41) is 0. The van der Waals surface area contributed by atoms with E-state index in [1.54, 1.807) is 0 Å². The van der Waals surface area contributed by atoms with Gasteiger partial charge in [-0.25, -0.2) is 0 Å². The summed E-state index contributed by atoms with van der Waals surface area (Å²) in [7, 11) is -1.12. The predicted octanol–water partition coefficient (Wildman–Crippen LogP) is 6.57. The molecule has 0 saturated carbocycles. The average molecular weight is 281 g/mol. The Morgan fingerprint density at radius 2 is 1.05 bits per heavy atom. The second kappa shape index (κ2) is 12.8. The maximum absolute atomic E-state index is 3.45. The summed E-state index contributed by atoms with van der Waals surface area (Å²) in [4.78, 5) is 0. The Hall–Kier alpha value is -0.223. The molecule has 0 aliphatic heterocycles. The van der Waals surface area contributed by atoms with Gasteiger partial charge in [0.1, 0.15) is 8.07 Å². The van der Waals surface area contributed by atoms with Crippen LogP contribution in [0.3, 0.4) is 0 Å². The fourth-order valence-electron chi connectivity index (χ4n) is 2.21. The van der Waals surface area contributed by atoms with Crippen LogP contribution in [0.1, 0.15) is 84.0 Å². The van der Waals surface area contributed by atoms with Crippen LogP contribution in [0.25, 0.3) is 0 Å². The molecule has 0 aliphatic carbocycles. The molecule has 0 aliphatic rings. The van der Waals surface area contributed by atoms with E-state index in [9.17, 15) is 0 Å². The molecule has 0 amide bonds. The lowest BCUT2D eigenvalue weighted by molar-refractivity contribution is 0.551. The van der Waals surface area contributed by atoms with Crippen molar-refractivity contribution in [2.75, 3.05) is 0 Å². The molecular formula is C18H36Si. The zero-order chi connectivity index (χ0) is 14.4. The molecule has 0 N–H and O–H groups in total. The van der Waals surface area contributed by atoms with Crippen LogP contribution in [-0.4, -0.2) is 8.07 Å². The lowest BCUT2D eigenvalue weighted by atomic mass is 10.1. The van der Waals surface area contributed by atoms with Crippen molar-refractivity contribution < 1.29 is 0 Å². The van der Waals surface area contributed by atoms with Gasteiger partial charge in [0.2, 0.25) is 0 Å². The smallest absolute Gasteiger partial charge is 0.129 e. The van der Waals surface area contributed by atoms with Gasteiger partial charge in [0, 0.05) is 6.42 Å². The Bertz CT molecular complexity index is 239. The molecule has 112 valence electrons. The highest BCUT2D eigenvalue weighted by Crippen LogP contribution is 2.11. The molecule has 0 aromatic carbocycles. The Morgan fingerprint density at radius 3 is 1.47 bits per heavy atom. The molecule has 0 bridgehead atoms. The largest absolute Gasteiger partial charge is 0.132 e. The molecule has 0 nitrogen and oxygen atoms in total. The van der Waals surface area contributed by atoms with E-state index >= 15 is 0 Å². The molecule has 0 unspecified atom stereocenters. The summed E-state index contributed by atoms with van der Waals surface area (Å²) < 4.78 is 0. The van der Waals surface area contributed by atoms with E-state index < -0.39 is 8.07 Å². The number of rotatable bonds is 11. The van der Waals surface area contributed by atoms with Crippen molar-refractivity contribution in [3.63, 3.8) is 0 Å². The van der Waals surface area contributed by atoms with Crippen LogP contribution in [0.15, 0.2) is 0 Å². The second-order valence-corrected chi connectivity index (χ2v) is 11.6. The van der Waals surface area contributed by atoms with Crippen LogP contribution in [0.4, 0.5) is 0 Å². The second-order valence-electron chi connectivity index (χ2n) is 6.84. The van der Waals surface area contributed by atoms with Crippen molar-refractivity contribution in [2.45, 2.75) is 104 Å². The van der Waals surface area contributed by atoms with Gasteiger partial charge in [-0.15, -0.1) is 11.5 Å². The van der Waals surface area contributed by atoms with Crippen molar-refractivity contribution in [2.24, 2.45) is 0 Å². The van der Waals surface area contributed by atoms with Gasteiger partial charge in [-0.05, 0) is 6.42 Å². The van der Waals surface area contributed by atoms with Gasteiger partial charge in [-0.2, -0.15) is 0 Å². The molecule has 0 heterocycles. The van der Waals surface area contributed by atoms with Gasteiger partial charge in [-0.1, -0.05) is 90.8 Å². The van der Waals surface area contributed by atoms with E-state index in [1.807, 2.05) is 0 Å². The maximum Gasteiger partial charge on any atom is 0.129 e. The Morgan fingerprint density at radius 1 is 0.632 bits per heavy atom. The lowest BCUT2D eigenvalue weighted by Gasteiger charge is -2.03. The van der Waals surface area contributed by atoms with E-state index in [-0.39, 0.29) is 0 Å². The Balaban J connectivity index is 3.12. The minimum absolute atomic E-state index is 1.12. The number of hydrogen-bond acceptors (Lipinski definition) is 0. The van der Waals surface area contributed by atoms with Crippen molar-refractivity contribution >= 4 is 8.07 Å². The molecule has 0 spiro atoms. The Labute approximate surface area is 123 Å². The minimum atomic E-state index is -1.12. The standard InChI is InChI=1S/C18H36Si/c1-5-6-7-8-9-10-11-12-13-14-15-16-17-18-19(2,3)4/h5-16H2,1-4H3. The highest BCUT2D eigenvalue weighted by molar-refractivity contribution is 6.83. The summed E-state index contributed by atoms with van der Waals surface area (Å²) in [5.41, 5.74) is 3.45. The molecular weight excluding hydrogens is 244 g/mol. The summed E-state index contributed by atoms with van der Waals surface area (Å²) in [6.07, 6.45) is 16.8. The van der Waals surface area contributed by atoms with E-state index in [1.165, 1.54) is 70.6 Å². The summed E-state index contributed by atoms with van der Waals surface area (Å²) in [6, 6.07) is 0. The summed E-state index contributed by atoms with van der Waals surface area (Å²) in [6.45, 7) is 9.25. The maximum atomic E-state index is 3.45. The Kier molecular flexibility index (Phi) is 12.6. The summed E-state index contributed by atoms with van der Waals surface area (Å²) in [5.74, 6) is 3.37. The van der Waals surface area contributed by atoms with Crippen LogP contribution in [-0.2, 0) is 0 Å². The van der Waals surface area contributed by atoms with Gasteiger partial charge in [0.15, 0.2) is 0 Å². The van der Waals surface area contributed by atoms with E-state index in [0.29, 0.717) is 0 Å². The molecule has 0 rings (SSSR count). The molecule has 0 aromatic heterocycles. The van der Waals surface area contributed by atoms with Crippen LogP contribution in [0.2, 0.25) is 19.6 Å². The third-order valence-electron chi connectivity index (χ3n) is 3.37. The molecule has 19 heavy (non-hydrogen) atoms. The fraction of sp³-hybridized carbons (Fsp3) is 0.889. The first-order chi connectivity index (χ1) is 9.06. The van der Waals surface area contributed by atoms with E-state index in [0.717, 1.165) is 6.42 Å². The predicted molar refractivity (Wildman–Crippen MR) is 92.2 cm³/mol. The monoisotopic (exact) mass is 280 g/mol. The topological polar surface area (TPSA) is 0 Å². The van der Waals surface area contributed by atoms with Crippen molar-refractivity contribution in [1.29, 1.82) is 0 Å². The van der Waals surface area contributed by atoms with E-state index in [2.05, 4.69) is 38.0 Å². The first-order valence-electron chi connectivity index (χ1n) is 8.56. The third kappa shape index (κ3) is 17.8. The third-order valence-corrected chi connectivity index (χ3v) is 4.30. The molecule has 0 saturated heterocycles. The first-order valence-corrected chi connectivity index (χ1v) is 12.1. The van der Waals surface area contributed by atoms with Gasteiger partial charge in [0.05, 0.1) is 0 Å². The van der Waals surface area contributed by atoms with Crippen LogP contribution >= 0.6 is 0 Å². The zero-order valence-electron chi connectivity index (χ0n) is 14.0. The van der Waals surface area contributed by atoms with Gasteiger partial charge in [-0.3, -0.25) is 0 Å². The van der Waals surface area contributed by atoms with Gasteiger partial charge in [0.25, 0.3) is 0 Å². The number of unbranched alkanes of at least 4 members (excludes halogenated alkanes) is 11. The van der Waals surface area contributed by atoms with Crippen molar-refractivity contribution in [1.82, 2.24) is 0 Å². The fourth-order valence-corrected chi connectivity index (χ4v) is 2.86. The van der Waals surface area contributed by atoms with Crippen molar-refractivity contribution in [3.8, 4) is 11.5 Å².